The third-order valence-corrected chi connectivity index (χ3v) is 2.77. The molecule has 5 nitrogen and oxygen atoms in total. The molecule has 0 spiro atoms. The fraction of sp³-hybridized carbons (Fsp3) is 0.385. The van der Waals surface area contributed by atoms with Crippen molar-refractivity contribution in [3.63, 3.8) is 0 Å². The van der Waals surface area contributed by atoms with Crippen LogP contribution in [0.1, 0.15) is 35.7 Å². The van der Waals surface area contributed by atoms with Gasteiger partial charge in [0.1, 0.15) is 0 Å². The van der Waals surface area contributed by atoms with Crippen molar-refractivity contribution in [2.24, 2.45) is 5.73 Å². The lowest BCUT2D eigenvalue weighted by molar-refractivity contribution is -0.137. The molecule has 8 heteroatoms. The van der Waals surface area contributed by atoms with E-state index in [2.05, 4.69) is 5.32 Å². The second-order valence-electron chi connectivity index (χ2n) is 4.45. The van der Waals surface area contributed by atoms with Gasteiger partial charge in [0.25, 0.3) is 0 Å². The molecule has 1 aromatic carbocycles. The van der Waals surface area contributed by atoms with Crippen LogP contribution in [0, 0.1) is 0 Å². The number of carboxylic acids is 1. The van der Waals surface area contributed by atoms with Gasteiger partial charge >= 0.3 is 12.1 Å². The fourth-order valence-electron chi connectivity index (χ4n) is 1.67. The van der Waals surface area contributed by atoms with Crippen molar-refractivity contribution in [2.45, 2.75) is 32.0 Å². The number of aromatic carboxylic acids is 1. The molecule has 0 saturated carbocycles. The monoisotopic (exact) mass is 304 g/mol. The number of hydrogen-bond acceptors (Lipinski definition) is 3. The van der Waals surface area contributed by atoms with E-state index in [0.717, 1.165) is 6.07 Å². The van der Waals surface area contributed by atoms with E-state index in [4.69, 9.17) is 10.8 Å². The van der Waals surface area contributed by atoms with Gasteiger partial charge in [0.15, 0.2) is 0 Å². The van der Waals surface area contributed by atoms with Crippen LogP contribution in [-0.4, -0.2) is 23.0 Å². The van der Waals surface area contributed by atoms with Gasteiger partial charge < -0.3 is 16.2 Å². The molecule has 0 aromatic heterocycles. The van der Waals surface area contributed by atoms with Crippen LogP contribution in [0.4, 0.5) is 18.9 Å². The lowest BCUT2D eigenvalue weighted by Crippen LogP contribution is -2.35. The van der Waals surface area contributed by atoms with Crippen LogP contribution in [0.15, 0.2) is 18.2 Å². The Hall–Kier alpha value is -2.09. The minimum absolute atomic E-state index is 0.216. The van der Waals surface area contributed by atoms with E-state index < -0.39 is 35.2 Å². The van der Waals surface area contributed by atoms with Crippen molar-refractivity contribution in [3.8, 4) is 0 Å². The van der Waals surface area contributed by atoms with Crippen LogP contribution in [0.5, 0.6) is 0 Å². The minimum Gasteiger partial charge on any atom is -0.478 e. The summed E-state index contributed by atoms with van der Waals surface area (Å²) in [5.41, 5.74) is 3.61. The van der Waals surface area contributed by atoms with E-state index in [1.54, 1.807) is 0 Å². The van der Waals surface area contributed by atoms with Crippen LogP contribution in [0.2, 0.25) is 0 Å². The first-order valence-electron chi connectivity index (χ1n) is 6.17. The van der Waals surface area contributed by atoms with E-state index in [1.165, 1.54) is 0 Å². The highest BCUT2D eigenvalue weighted by molar-refractivity contribution is 6.02. The molecule has 1 atom stereocenters. The molecule has 0 heterocycles. The number of amides is 1. The third-order valence-electron chi connectivity index (χ3n) is 2.77. The van der Waals surface area contributed by atoms with Crippen molar-refractivity contribution in [1.82, 2.24) is 0 Å². The zero-order valence-corrected chi connectivity index (χ0v) is 11.2. The Bertz CT molecular complexity index is 544. The molecular formula is C13H15F3N2O3. The highest BCUT2D eigenvalue weighted by Crippen LogP contribution is 2.32. The maximum atomic E-state index is 12.6. The van der Waals surface area contributed by atoms with Gasteiger partial charge in [-0.15, -0.1) is 0 Å². The molecule has 0 aliphatic rings. The number of anilines is 1. The molecule has 0 fully saturated rings. The number of nitrogens with one attached hydrogen (secondary N) is 1. The first kappa shape index (κ1) is 17.0. The normalized spacial score (nSPS) is 12.8. The molecule has 116 valence electrons. The molecule has 0 aliphatic carbocycles. The molecule has 4 N–H and O–H groups in total. The number of carbonyl (C=O) groups is 2. The Labute approximate surface area is 118 Å². The van der Waals surface area contributed by atoms with Gasteiger partial charge in [0.05, 0.1) is 22.9 Å². The topological polar surface area (TPSA) is 92.4 Å². The van der Waals surface area contributed by atoms with Gasteiger partial charge in [-0.05, 0) is 24.6 Å². The Kier molecular flexibility index (Phi) is 5.31. The number of nitrogens with two attached hydrogens (primary N) is 1. The SMILES string of the molecule is CCC[C@H](N)C(=O)Nc1ccc(C(F)(F)F)cc1C(=O)O. The van der Waals surface area contributed by atoms with E-state index in [9.17, 15) is 22.8 Å². The maximum Gasteiger partial charge on any atom is 0.416 e. The average Bonchev–Trinajstić information content (AvgIpc) is 2.37. The van der Waals surface area contributed by atoms with Gasteiger partial charge in [0.2, 0.25) is 5.91 Å². The summed E-state index contributed by atoms with van der Waals surface area (Å²) < 4.78 is 37.7. The maximum absolute atomic E-state index is 12.6. The number of rotatable bonds is 5. The van der Waals surface area contributed by atoms with Crippen molar-refractivity contribution in [1.29, 1.82) is 0 Å². The summed E-state index contributed by atoms with van der Waals surface area (Å²) in [7, 11) is 0. The average molecular weight is 304 g/mol. The summed E-state index contributed by atoms with van der Waals surface area (Å²) >= 11 is 0. The Morgan fingerprint density at radius 1 is 1.38 bits per heavy atom. The molecule has 21 heavy (non-hydrogen) atoms. The van der Waals surface area contributed by atoms with Crippen LogP contribution in [-0.2, 0) is 11.0 Å². The first-order valence-corrected chi connectivity index (χ1v) is 6.17. The first-order chi connectivity index (χ1) is 9.66. The van der Waals surface area contributed by atoms with Crippen LogP contribution >= 0.6 is 0 Å². The Balaban J connectivity index is 3.08. The largest absolute Gasteiger partial charge is 0.478 e. The van der Waals surface area contributed by atoms with Crippen LogP contribution in [0.25, 0.3) is 0 Å². The quantitative estimate of drug-likeness (QED) is 0.779. The summed E-state index contributed by atoms with van der Waals surface area (Å²) in [5.74, 6) is -2.21. The number of carbonyl (C=O) groups excluding carboxylic acids is 1. The Morgan fingerprint density at radius 2 is 2.00 bits per heavy atom. The zero-order valence-electron chi connectivity index (χ0n) is 11.2. The third kappa shape index (κ3) is 4.45. The minimum atomic E-state index is -4.66. The summed E-state index contributed by atoms with van der Waals surface area (Å²) in [6.45, 7) is 1.81. The number of halogens is 3. The fourth-order valence-corrected chi connectivity index (χ4v) is 1.67. The summed E-state index contributed by atoms with van der Waals surface area (Å²) in [6, 6.07) is 1.23. The molecular weight excluding hydrogens is 289 g/mol. The molecule has 1 amide bonds. The molecule has 0 unspecified atom stereocenters. The van der Waals surface area contributed by atoms with Gasteiger partial charge in [-0.1, -0.05) is 13.3 Å². The predicted octanol–water partition coefficient (Wildman–Crippen LogP) is 2.47. The van der Waals surface area contributed by atoms with E-state index >= 15 is 0 Å². The molecule has 0 saturated heterocycles. The second-order valence-corrected chi connectivity index (χ2v) is 4.45. The number of hydrogen-bond donors (Lipinski definition) is 3. The predicted molar refractivity (Wildman–Crippen MR) is 69.9 cm³/mol. The molecule has 1 rings (SSSR count). The van der Waals surface area contributed by atoms with Crippen LogP contribution < -0.4 is 11.1 Å². The summed E-state index contributed by atoms with van der Waals surface area (Å²) in [6.07, 6.45) is -3.63. The molecule has 0 radical (unpaired) electrons. The highest BCUT2D eigenvalue weighted by atomic mass is 19.4. The standard InChI is InChI=1S/C13H15F3N2O3/c1-2-3-9(17)11(19)18-10-5-4-7(13(14,15)16)6-8(10)12(20)21/h4-6,9H,2-3,17H2,1H3,(H,18,19)(H,20,21)/t9-/m0/s1. The van der Waals surface area contributed by atoms with E-state index in [1.807, 2.05) is 6.92 Å². The smallest absolute Gasteiger partial charge is 0.416 e. The van der Waals surface area contributed by atoms with Crippen molar-refractivity contribution in [3.05, 3.63) is 29.3 Å². The van der Waals surface area contributed by atoms with Crippen molar-refractivity contribution < 1.29 is 27.9 Å². The molecule has 0 bridgehead atoms. The zero-order chi connectivity index (χ0) is 16.2. The van der Waals surface area contributed by atoms with Gasteiger partial charge in [-0.2, -0.15) is 13.2 Å². The lowest BCUT2D eigenvalue weighted by atomic mass is 10.1. The van der Waals surface area contributed by atoms with Crippen LogP contribution in [0.3, 0.4) is 0 Å². The van der Waals surface area contributed by atoms with E-state index in [-0.39, 0.29) is 5.69 Å². The van der Waals surface area contributed by atoms with Crippen molar-refractivity contribution >= 4 is 17.6 Å². The van der Waals surface area contributed by atoms with E-state index in [0.29, 0.717) is 25.0 Å². The van der Waals surface area contributed by atoms with Gasteiger partial charge in [-0.3, -0.25) is 4.79 Å². The van der Waals surface area contributed by atoms with Crippen molar-refractivity contribution in [2.75, 3.05) is 5.32 Å². The number of benzene rings is 1. The summed E-state index contributed by atoms with van der Waals surface area (Å²) in [5, 5.41) is 11.2. The lowest BCUT2D eigenvalue weighted by Gasteiger charge is -2.14. The Morgan fingerprint density at radius 3 is 2.48 bits per heavy atom. The summed E-state index contributed by atoms with van der Waals surface area (Å²) in [4.78, 5) is 22.7. The van der Waals surface area contributed by atoms with Gasteiger partial charge in [-0.25, -0.2) is 4.79 Å². The molecule has 1 aromatic rings. The van der Waals surface area contributed by atoms with Gasteiger partial charge in [0, 0.05) is 0 Å². The highest BCUT2D eigenvalue weighted by Gasteiger charge is 2.32. The molecule has 0 aliphatic heterocycles. The number of carboxylic acid groups (broad SMARTS) is 1. The number of alkyl halides is 3. The second kappa shape index (κ2) is 6.57.